The van der Waals surface area contributed by atoms with Crippen LogP contribution in [-0.4, -0.2) is 30.7 Å². The Morgan fingerprint density at radius 3 is 3.05 bits per heavy atom. The fraction of sp³-hybridized carbons (Fsp3) is 0.250. The van der Waals surface area contributed by atoms with Crippen LogP contribution in [-0.2, 0) is 11.2 Å². The number of rotatable bonds is 4. The third-order valence-corrected chi connectivity index (χ3v) is 3.42. The van der Waals surface area contributed by atoms with Gasteiger partial charge in [0.15, 0.2) is 0 Å². The van der Waals surface area contributed by atoms with Gasteiger partial charge in [-0.25, -0.2) is 9.78 Å². The van der Waals surface area contributed by atoms with E-state index in [-0.39, 0.29) is 6.10 Å². The summed E-state index contributed by atoms with van der Waals surface area (Å²) < 4.78 is 10.6. The number of nitrogens with zero attached hydrogens (tertiary/aromatic N) is 1. The molecular formula is C16H16N2O3. The van der Waals surface area contributed by atoms with Gasteiger partial charge < -0.3 is 14.8 Å². The number of methoxy groups -OCH3 is 1. The van der Waals surface area contributed by atoms with Crippen LogP contribution >= 0.6 is 0 Å². The van der Waals surface area contributed by atoms with Gasteiger partial charge in [-0.05, 0) is 23.8 Å². The van der Waals surface area contributed by atoms with Crippen molar-refractivity contribution in [1.29, 1.82) is 0 Å². The molecule has 2 heterocycles. The van der Waals surface area contributed by atoms with Gasteiger partial charge in [-0.15, -0.1) is 0 Å². The molecule has 108 valence electrons. The molecule has 1 aromatic heterocycles. The highest BCUT2D eigenvalue weighted by Crippen LogP contribution is 2.28. The highest BCUT2D eigenvalue weighted by Gasteiger charge is 2.22. The van der Waals surface area contributed by atoms with Gasteiger partial charge >= 0.3 is 5.97 Å². The molecule has 0 radical (unpaired) electrons. The molecule has 0 bridgehead atoms. The number of nitrogens with one attached hydrogen (secondary N) is 1. The first kappa shape index (κ1) is 13.4. The largest absolute Gasteiger partial charge is 0.488 e. The van der Waals surface area contributed by atoms with Crippen molar-refractivity contribution in [1.82, 2.24) is 4.98 Å². The highest BCUT2D eigenvalue weighted by atomic mass is 16.5. The van der Waals surface area contributed by atoms with Crippen LogP contribution in [0, 0.1) is 0 Å². The molecule has 0 fully saturated rings. The summed E-state index contributed by atoms with van der Waals surface area (Å²) in [5.74, 6) is 1.05. The minimum Gasteiger partial charge on any atom is -0.488 e. The van der Waals surface area contributed by atoms with Crippen molar-refractivity contribution in [3.05, 3.63) is 53.7 Å². The predicted molar refractivity (Wildman–Crippen MR) is 78.6 cm³/mol. The number of esters is 1. The monoisotopic (exact) mass is 284 g/mol. The molecule has 5 heteroatoms. The third kappa shape index (κ3) is 2.81. The Kier molecular flexibility index (Phi) is 3.73. The lowest BCUT2D eigenvalue weighted by molar-refractivity contribution is 0.0601. The summed E-state index contributed by atoms with van der Waals surface area (Å²) in [6.45, 7) is 0.579. The minimum atomic E-state index is -0.402. The van der Waals surface area contributed by atoms with Crippen LogP contribution < -0.4 is 10.1 Å². The number of benzene rings is 1. The summed E-state index contributed by atoms with van der Waals surface area (Å²) in [6.07, 6.45) is 2.53. The maximum atomic E-state index is 11.7. The molecule has 1 atom stereocenters. The van der Waals surface area contributed by atoms with Crippen molar-refractivity contribution in [2.24, 2.45) is 0 Å². The molecule has 1 aromatic carbocycles. The second-order valence-corrected chi connectivity index (χ2v) is 4.82. The summed E-state index contributed by atoms with van der Waals surface area (Å²) >= 11 is 0. The van der Waals surface area contributed by atoms with Crippen LogP contribution in [0.25, 0.3) is 0 Å². The van der Waals surface area contributed by atoms with Gasteiger partial charge in [0.25, 0.3) is 0 Å². The van der Waals surface area contributed by atoms with Crippen molar-refractivity contribution >= 4 is 11.8 Å². The molecular weight excluding hydrogens is 268 g/mol. The zero-order valence-electron chi connectivity index (χ0n) is 11.7. The SMILES string of the molecule is COC(=O)c1cccnc1NCC1Cc2ccccc2O1. The van der Waals surface area contributed by atoms with E-state index in [0.717, 1.165) is 12.2 Å². The minimum absolute atomic E-state index is 0.0369. The lowest BCUT2D eigenvalue weighted by Crippen LogP contribution is -2.25. The number of pyridine rings is 1. The van der Waals surface area contributed by atoms with E-state index in [9.17, 15) is 4.79 Å². The lowest BCUT2D eigenvalue weighted by atomic mass is 10.1. The Morgan fingerprint density at radius 2 is 2.24 bits per heavy atom. The average molecular weight is 284 g/mol. The summed E-state index contributed by atoms with van der Waals surface area (Å²) in [7, 11) is 1.36. The normalized spacial score (nSPS) is 16.0. The fourth-order valence-corrected chi connectivity index (χ4v) is 2.40. The van der Waals surface area contributed by atoms with Gasteiger partial charge in [-0.1, -0.05) is 18.2 Å². The summed E-state index contributed by atoms with van der Waals surface area (Å²) in [4.78, 5) is 15.9. The first-order valence-electron chi connectivity index (χ1n) is 6.79. The maximum Gasteiger partial charge on any atom is 0.341 e. The van der Waals surface area contributed by atoms with Crippen LogP contribution in [0.15, 0.2) is 42.6 Å². The number of anilines is 1. The molecule has 21 heavy (non-hydrogen) atoms. The fourth-order valence-electron chi connectivity index (χ4n) is 2.40. The van der Waals surface area contributed by atoms with Crippen molar-refractivity contribution in [2.45, 2.75) is 12.5 Å². The van der Waals surface area contributed by atoms with E-state index in [4.69, 9.17) is 9.47 Å². The number of aromatic nitrogens is 1. The van der Waals surface area contributed by atoms with Gasteiger partial charge in [0, 0.05) is 12.6 Å². The van der Waals surface area contributed by atoms with Gasteiger partial charge in [0.05, 0.1) is 13.7 Å². The van der Waals surface area contributed by atoms with Crippen LogP contribution in [0.3, 0.4) is 0 Å². The molecule has 0 spiro atoms. The topological polar surface area (TPSA) is 60.5 Å². The van der Waals surface area contributed by atoms with Crippen LogP contribution in [0.1, 0.15) is 15.9 Å². The first-order chi connectivity index (χ1) is 10.3. The summed E-state index contributed by atoms with van der Waals surface area (Å²) in [5.41, 5.74) is 1.63. The van der Waals surface area contributed by atoms with Crippen molar-refractivity contribution < 1.29 is 14.3 Å². The zero-order chi connectivity index (χ0) is 14.7. The van der Waals surface area contributed by atoms with Crippen LogP contribution in [0.5, 0.6) is 5.75 Å². The van der Waals surface area contributed by atoms with Crippen molar-refractivity contribution in [3.63, 3.8) is 0 Å². The molecule has 5 nitrogen and oxygen atoms in total. The maximum absolute atomic E-state index is 11.7. The number of fused-ring (bicyclic) bond motifs is 1. The number of ether oxygens (including phenoxy) is 2. The number of hydrogen-bond acceptors (Lipinski definition) is 5. The second kappa shape index (κ2) is 5.83. The number of hydrogen-bond donors (Lipinski definition) is 1. The zero-order valence-corrected chi connectivity index (χ0v) is 11.7. The first-order valence-corrected chi connectivity index (χ1v) is 6.79. The van der Waals surface area contributed by atoms with Gasteiger partial charge in [-0.3, -0.25) is 0 Å². The van der Waals surface area contributed by atoms with Crippen LogP contribution in [0.4, 0.5) is 5.82 Å². The van der Waals surface area contributed by atoms with Gasteiger partial charge in [0.2, 0.25) is 0 Å². The van der Waals surface area contributed by atoms with Crippen molar-refractivity contribution in [2.75, 3.05) is 19.0 Å². The van der Waals surface area contributed by atoms with E-state index < -0.39 is 5.97 Å². The number of carbonyl (C=O) groups is 1. The van der Waals surface area contributed by atoms with E-state index >= 15 is 0 Å². The van der Waals surface area contributed by atoms with Gasteiger partial charge in [0.1, 0.15) is 23.2 Å². The Morgan fingerprint density at radius 1 is 1.38 bits per heavy atom. The summed E-state index contributed by atoms with van der Waals surface area (Å²) in [5, 5.41) is 3.17. The molecule has 2 aromatic rings. The average Bonchev–Trinajstić information content (AvgIpc) is 2.95. The molecule has 0 aliphatic carbocycles. The van der Waals surface area contributed by atoms with E-state index in [0.29, 0.717) is 17.9 Å². The van der Waals surface area contributed by atoms with E-state index in [1.807, 2.05) is 18.2 Å². The molecule has 0 saturated carbocycles. The lowest BCUT2D eigenvalue weighted by Gasteiger charge is -2.14. The Balaban J connectivity index is 1.66. The number of carbonyl (C=O) groups excluding carboxylic acids is 1. The summed E-state index contributed by atoms with van der Waals surface area (Å²) in [6, 6.07) is 11.4. The highest BCUT2D eigenvalue weighted by molar-refractivity contribution is 5.94. The van der Waals surface area contributed by atoms with E-state index in [2.05, 4.69) is 16.4 Å². The van der Waals surface area contributed by atoms with E-state index in [1.165, 1.54) is 12.7 Å². The van der Waals surface area contributed by atoms with Gasteiger partial charge in [-0.2, -0.15) is 0 Å². The molecule has 0 amide bonds. The Bertz CT molecular complexity index is 632. The molecule has 1 N–H and O–H groups in total. The second-order valence-electron chi connectivity index (χ2n) is 4.82. The molecule has 1 aliphatic heterocycles. The smallest absolute Gasteiger partial charge is 0.341 e. The quantitative estimate of drug-likeness (QED) is 0.873. The van der Waals surface area contributed by atoms with Crippen molar-refractivity contribution in [3.8, 4) is 5.75 Å². The van der Waals surface area contributed by atoms with E-state index in [1.54, 1.807) is 18.3 Å². The number of para-hydroxylation sites is 1. The Hall–Kier alpha value is -2.56. The standard InChI is InChI=1S/C16H16N2O3/c1-20-16(19)13-6-4-8-17-15(13)18-10-12-9-11-5-2-3-7-14(11)21-12/h2-8,12H,9-10H2,1H3,(H,17,18). The molecule has 0 saturated heterocycles. The van der Waals surface area contributed by atoms with Crippen LogP contribution in [0.2, 0.25) is 0 Å². The predicted octanol–water partition coefficient (Wildman–Crippen LogP) is 2.28. The molecule has 1 unspecified atom stereocenters. The molecule has 1 aliphatic rings. The Labute approximate surface area is 122 Å². The third-order valence-electron chi connectivity index (χ3n) is 3.42. The molecule has 3 rings (SSSR count).